The summed E-state index contributed by atoms with van der Waals surface area (Å²) in [5.41, 5.74) is -0.0893. The zero-order chi connectivity index (χ0) is 17.3. The molecular weight excluding hydrogens is 324 g/mol. The number of rotatable bonds is 3. The molecule has 0 aliphatic heterocycles. The molecule has 0 saturated heterocycles. The molecule has 6 heteroatoms. The summed E-state index contributed by atoms with van der Waals surface area (Å²) >= 11 is 0. The lowest BCUT2D eigenvalue weighted by atomic mass is 10.3. The Morgan fingerprint density at radius 2 is 1.25 bits per heavy atom. The first kappa shape index (κ1) is 16.1. The molecule has 0 amide bonds. The Bertz CT molecular complexity index is 977. The molecule has 0 radical (unpaired) electrons. The maximum absolute atomic E-state index is 13.0. The maximum atomic E-state index is 13.0. The van der Waals surface area contributed by atoms with Crippen LogP contribution in [0.2, 0.25) is 0 Å². The van der Waals surface area contributed by atoms with E-state index in [1.807, 2.05) is 24.6 Å². The Kier molecular flexibility index (Phi) is 4.31. The van der Waals surface area contributed by atoms with Crippen molar-refractivity contribution < 1.29 is 5.11 Å². The topological polar surface area (TPSA) is 64.2 Å². The lowest BCUT2D eigenvalue weighted by Gasteiger charge is -2.14. The zero-order valence-corrected chi connectivity index (χ0v) is 14.2. The highest BCUT2D eigenvalue weighted by Gasteiger charge is 2.28. The van der Waals surface area contributed by atoms with Crippen molar-refractivity contribution in [2.45, 2.75) is 4.90 Å². The van der Waals surface area contributed by atoms with Crippen molar-refractivity contribution in [3.05, 3.63) is 81.5 Å². The van der Waals surface area contributed by atoms with Crippen LogP contribution in [-0.2, 0) is 10.9 Å². The van der Waals surface area contributed by atoms with Gasteiger partial charge in [-0.2, -0.15) is 0 Å². The first-order valence-corrected chi connectivity index (χ1v) is 9.36. The summed E-state index contributed by atoms with van der Waals surface area (Å²) in [6, 6.07) is 17.5. The maximum Gasteiger partial charge on any atom is 0.343 e. The lowest BCUT2D eigenvalue weighted by Crippen LogP contribution is -2.40. The van der Waals surface area contributed by atoms with Crippen molar-refractivity contribution >= 4 is 10.9 Å². The number of hydrogen-bond acceptors (Lipinski definition) is 3. The highest BCUT2D eigenvalue weighted by Crippen LogP contribution is 2.21. The van der Waals surface area contributed by atoms with Crippen LogP contribution in [0.4, 0.5) is 0 Å². The summed E-state index contributed by atoms with van der Waals surface area (Å²) < 4.78 is 2.28. The molecule has 0 spiro atoms. The van der Waals surface area contributed by atoms with E-state index in [1.165, 1.54) is 4.57 Å². The van der Waals surface area contributed by atoms with Gasteiger partial charge in [-0.3, -0.25) is 4.79 Å². The number of hydrogen-bond donors (Lipinski definition) is 1. The molecule has 1 N–H and O–H groups in total. The number of aromatic hydroxyl groups is 1. The van der Waals surface area contributed by atoms with Gasteiger partial charge in [0, 0.05) is 10.9 Å². The molecule has 122 valence electrons. The molecule has 0 bridgehead atoms. The Labute approximate surface area is 141 Å². The monoisotopic (exact) mass is 341 g/mol. The van der Waals surface area contributed by atoms with Crippen LogP contribution in [-0.4, -0.2) is 26.8 Å². The van der Waals surface area contributed by atoms with E-state index in [0.717, 1.165) is 4.57 Å². The molecule has 1 heterocycles. The molecule has 0 aliphatic carbocycles. The second-order valence-electron chi connectivity index (χ2n) is 5.40. The van der Waals surface area contributed by atoms with Crippen molar-refractivity contribution in [1.29, 1.82) is 0 Å². The fourth-order valence-electron chi connectivity index (χ4n) is 2.55. The van der Waals surface area contributed by atoms with Crippen molar-refractivity contribution in [2.24, 2.45) is 0 Å². The molecule has 24 heavy (non-hydrogen) atoms. The fourth-order valence-corrected chi connectivity index (χ4v) is 3.44. The molecule has 0 fully saturated rings. The van der Waals surface area contributed by atoms with Gasteiger partial charge in [0.2, 0.25) is 0 Å². The van der Waals surface area contributed by atoms with Gasteiger partial charge in [-0.25, -0.2) is 13.9 Å². The minimum Gasteiger partial charge on any atom is -0.490 e. The van der Waals surface area contributed by atoms with E-state index in [-0.39, 0.29) is 10.8 Å². The first-order chi connectivity index (χ1) is 11.5. The van der Waals surface area contributed by atoms with E-state index >= 15 is 0 Å². The van der Waals surface area contributed by atoms with Gasteiger partial charge in [0.15, 0.2) is 0 Å². The predicted octanol–water partition coefficient (Wildman–Crippen LogP) is 1.93. The van der Waals surface area contributed by atoms with E-state index in [0.29, 0.717) is 11.4 Å². The average Bonchev–Trinajstić information content (AvgIpc) is 2.56. The van der Waals surface area contributed by atoms with Gasteiger partial charge in [-0.15, -0.1) is 0 Å². The summed E-state index contributed by atoms with van der Waals surface area (Å²) in [5.74, 6) is -0.295. The number of aromatic nitrogens is 2. The van der Waals surface area contributed by atoms with Crippen LogP contribution in [0.1, 0.15) is 0 Å². The van der Waals surface area contributed by atoms with E-state index in [4.69, 9.17) is 0 Å². The first-order valence-electron chi connectivity index (χ1n) is 7.32. The van der Waals surface area contributed by atoms with Crippen LogP contribution in [0.3, 0.4) is 0 Å². The van der Waals surface area contributed by atoms with E-state index in [9.17, 15) is 14.7 Å². The quantitative estimate of drug-likeness (QED) is 0.741. The van der Waals surface area contributed by atoms with E-state index < -0.39 is 22.1 Å². The largest absolute Gasteiger partial charge is 0.490 e. The summed E-state index contributed by atoms with van der Waals surface area (Å²) in [4.78, 5) is 26.0. The minimum absolute atomic E-state index is 0.238. The van der Waals surface area contributed by atoms with Gasteiger partial charge >= 0.3 is 11.2 Å². The standard InChI is InChI=1S/C18H16N2O3S/c1-24(2)15-16(21)19(13-9-5-3-6-10-13)18(23)20(17(15)22)14-11-7-4-8-12-14/h3-12H,1-2H3/p+1. The SMILES string of the molecule is C[S+](C)c1c(O)n(-c2ccccc2)c(=O)n(-c2ccccc2)c1=O. The van der Waals surface area contributed by atoms with Gasteiger partial charge in [0.05, 0.1) is 11.4 Å². The normalized spacial score (nSPS) is 11.0. The van der Waals surface area contributed by atoms with Gasteiger partial charge in [-0.05, 0) is 24.3 Å². The Hall–Kier alpha value is -2.73. The van der Waals surface area contributed by atoms with Gasteiger partial charge in [0.1, 0.15) is 12.5 Å². The van der Waals surface area contributed by atoms with Crippen molar-refractivity contribution in [3.8, 4) is 17.3 Å². The van der Waals surface area contributed by atoms with Crippen molar-refractivity contribution in [2.75, 3.05) is 12.5 Å². The fraction of sp³-hybridized carbons (Fsp3) is 0.111. The van der Waals surface area contributed by atoms with Crippen LogP contribution in [0, 0.1) is 0 Å². The van der Waals surface area contributed by atoms with Crippen molar-refractivity contribution in [1.82, 2.24) is 9.13 Å². The molecule has 5 nitrogen and oxygen atoms in total. The summed E-state index contributed by atoms with van der Waals surface area (Å²) in [6.45, 7) is 0. The summed E-state index contributed by atoms with van der Waals surface area (Å²) in [6.07, 6.45) is 3.68. The van der Waals surface area contributed by atoms with Crippen LogP contribution >= 0.6 is 0 Å². The highest BCUT2D eigenvalue weighted by atomic mass is 32.2. The molecule has 0 aliphatic rings. The number of benzene rings is 2. The third kappa shape index (κ3) is 2.65. The molecule has 3 rings (SSSR count). The smallest absolute Gasteiger partial charge is 0.343 e. The average molecular weight is 341 g/mol. The zero-order valence-electron chi connectivity index (χ0n) is 13.3. The lowest BCUT2D eigenvalue weighted by molar-refractivity contribution is 0.411. The van der Waals surface area contributed by atoms with Crippen LogP contribution < -0.4 is 11.2 Å². The van der Waals surface area contributed by atoms with E-state index in [1.54, 1.807) is 48.5 Å². The second-order valence-corrected chi connectivity index (χ2v) is 7.44. The molecule has 1 aromatic heterocycles. The van der Waals surface area contributed by atoms with Gasteiger partial charge in [0.25, 0.3) is 10.8 Å². The minimum atomic E-state index is -0.593. The molecular formula is C18H17N2O3S+. The Morgan fingerprint density at radius 1 is 0.792 bits per heavy atom. The van der Waals surface area contributed by atoms with Crippen LogP contribution in [0.25, 0.3) is 11.4 Å². The summed E-state index contributed by atoms with van der Waals surface area (Å²) in [5, 5.41) is 10.6. The van der Waals surface area contributed by atoms with Gasteiger partial charge < -0.3 is 5.11 Å². The van der Waals surface area contributed by atoms with Crippen molar-refractivity contribution in [3.63, 3.8) is 0 Å². The summed E-state index contributed by atoms with van der Waals surface area (Å²) in [7, 11) is -0.522. The third-order valence-corrected chi connectivity index (χ3v) is 4.81. The highest BCUT2D eigenvalue weighted by molar-refractivity contribution is 7.95. The molecule has 0 unspecified atom stereocenters. The van der Waals surface area contributed by atoms with E-state index in [2.05, 4.69) is 0 Å². The molecule has 3 aromatic rings. The van der Waals surface area contributed by atoms with Crippen LogP contribution in [0.5, 0.6) is 5.88 Å². The van der Waals surface area contributed by atoms with Crippen LogP contribution in [0.15, 0.2) is 75.1 Å². The second kappa shape index (κ2) is 6.41. The number of para-hydroxylation sites is 2. The number of nitrogens with zero attached hydrogens (tertiary/aromatic N) is 2. The van der Waals surface area contributed by atoms with Gasteiger partial charge in [-0.1, -0.05) is 36.4 Å². The third-order valence-electron chi connectivity index (χ3n) is 3.63. The molecule has 2 aromatic carbocycles. The molecule has 0 atom stereocenters. The predicted molar refractivity (Wildman–Crippen MR) is 96.8 cm³/mol. The molecule has 0 saturated carbocycles. The Balaban J connectivity index is 2.46. The Morgan fingerprint density at radius 3 is 1.71 bits per heavy atom.